The van der Waals surface area contributed by atoms with E-state index in [1.807, 2.05) is 28.5 Å². The number of hydrogen-bond acceptors (Lipinski definition) is 7. The second-order valence-corrected chi connectivity index (χ2v) is 10.2. The lowest BCUT2D eigenvalue weighted by Gasteiger charge is -2.36. The fourth-order valence-electron chi connectivity index (χ4n) is 3.72. The molecule has 1 saturated heterocycles. The van der Waals surface area contributed by atoms with Gasteiger partial charge in [0.15, 0.2) is 4.34 Å². The van der Waals surface area contributed by atoms with Gasteiger partial charge in [-0.1, -0.05) is 30.0 Å². The van der Waals surface area contributed by atoms with Crippen LogP contribution in [0.2, 0.25) is 0 Å². The van der Waals surface area contributed by atoms with Gasteiger partial charge in [-0.25, -0.2) is 4.98 Å². The first kappa shape index (κ1) is 24.7. The molecule has 0 bridgehead atoms. The third-order valence-corrected chi connectivity index (χ3v) is 7.50. The van der Waals surface area contributed by atoms with E-state index in [9.17, 15) is 14.4 Å². The lowest BCUT2D eigenvalue weighted by Crippen LogP contribution is -2.49. The zero-order valence-electron chi connectivity index (χ0n) is 19.4. The van der Waals surface area contributed by atoms with Gasteiger partial charge in [0.25, 0.3) is 0 Å². The predicted molar refractivity (Wildman–Crippen MR) is 141 cm³/mol. The lowest BCUT2D eigenvalue weighted by molar-refractivity contribution is -0.130. The van der Waals surface area contributed by atoms with Crippen LogP contribution in [0, 0.1) is 0 Å². The molecule has 2 heterocycles. The van der Waals surface area contributed by atoms with E-state index >= 15 is 0 Å². The van der Waals surface area contributed by atoms with Crippen molar-refractivity contribution in [3.8, 4) is 0 Å². The van der Waals surface area contributed by atoms with Gasteiger partial charge in [0, 0.05) is 55.5 Å². The molecule has 2 N–H and O–H groups in total. The Hall–Kier alpha value is -3.37. The maximum absolute atomic E-state index is 12.8. The van der Waals surface area contributed by atoms with Gasteiger partial charge in [0.2, 0.25) is 17.7 Å². The summed E-state index contributed by atoms with van der Waals surface area (Å²) in [5.74, 6) is 0.00947. The summed E-state index contributed by atoms with van der Waals surface area (Å²) in [7, 11) is 0. The van der Waals surface area contributed by atoms with Crippen molar-refractivity contribution in [2.45, 2.75) is 17.7 Å². The van der Waals surface area contributed by atoms with Crippen LogP contribution in [-0.2, 0) is 20.8 Å². The standard InChI is InChI=1S/C25H27N5O3S2/c1-18(31)26-19-7-9-20(10-8-19)27-23(32)17-35-25-28-21(16-34-25)15-24(33)30-13-11-29(12-14-30)22-5-3-2-4-6-22/h2-10,16H,11-15,17H2,1H3,(H,26,31)(H,27,32). The molecule has 0 aliphatic carbocycles. The molecule has 0 atom stereocenters. The van der Waals surface area contributed by atoms with Gasteiger partial charge in [-0.15, -0.1) is 11.3 Å². The molecular formula is C25H27N5O3S2. The molecule has 0 saturated carbocycles. The normalized spacial score (nSPS) is 13.4. The Labute approximate surface area is 212 Å². The van der Waals surface area contributed by atoms with Crippen molar-refractivity contribution in [3.63, 3.8) is 0 Å². The van der Waals surface area contributed by atoms with Crippen LogP contribution >= 0.6 is 23.1 Å². The molecule has 0 radical (unpaired) electrons. The summed E-state index contributed by atoms with van der Waals surface area (Å²) in [6, 6.07) is 17.2. The highest BCUT2D eigenvalue weighted by atomic mass is 32.2. The third kappa shape index (κ3) is 7.30. The van der Waals surface area contributed by atoms with Crippen molar-refractivity contribution >= 4 is 57.9 Å². The van der Waals surface area contributed by atoms with Gasteiger partial charge >= 0.3 is 0 Å². The molecule has 1 fully saturated rings. The Morgan fingerprint density at radius 1 is 0.943 bits per heavy atom. The highest BCUT2D eigenvalue weighted by Gasteiger charge is 2.22. The number of hydrogen-bond donors (Lipinski definition) is 2. The number of rotatable bonds is 8. The van der Waals surface area contributed by atoms with Gasteiger partial charge in [-0.3, -0.25) is 14.4 Å². The van der Waals surface area contributed by atoms with E-state index in [1.165, 1.54) is 35.7 Å². The molecule has 8 nitrogen and oxygen atoms in total. The van der Waals surface area contributed by atoms with Crippen LogP contribution in [0.5, 0.6) is 0 Å². The molecule has 1 aliphatic rings. The van der Waals surface area contributed by atoms with E-state index in [0.29, 0.717) is 24.5 Å². The monoisotopic (exact) mass is 509 g/mol. The van der Waals surface area contributed by atoms with E-state index in [1.54, 1.807) is 24.3 Å². The topological polar surface area (TPSA) is 94.6 Å². The summed E-state index contributed by atoms with van der Waals surface area (Å²) in [5.41, 5.74) is 3.25. The Bertz CT molecular complexity index is 1160. The number of para-hydroxylation sites is 1. The zero-order valence-corrected chi connectivity index (χ0v) is 21.0. The van der Waals surface area contributed by atoms with Crippen LogP contribution in [0.3, 0.4) is 0 Å². The van der Waals surface area contributed by atoms with Gasteiger partial charge in [0.05, 0.1) is 17.9 Å². The van der Waals surface area contributed by atoms with E-state index in [4.69, 9.17) is 0 Å². The maximum Gasteiger partial charge on any atom is 0.234 e. The Balaban J connectivity index is 1.19. The average molecular weight is 510 g/mol. The van der Waals surface area contributed by atoms with Crippen molar-refractivity contribution in [1.82, 2.24) is 9.88 Å². The number of carbonyl (C=O) groups excluding carboxylic acids is 3. The van der Waals surface area contributed by atoms with Crippen molar-refractivity contribution < 1.29 is 14.4 Å². The second-order valence-electron chi connectivity index (χ2n) is 8.08. The minimum Gasteiger partial charge on any atom is -0.368 e. The van der Waals surface area contributed by atoms with Crippen LogP contribution in [0.25, 0.3) is 0 Å². The van der Waals surface area contributed by atoms with Gasteiger partial charge in [-0.05, 0) is 36.4 Å². The molecule has 35 heavy (non-hydrogen) atoms. The predicted octanol–water partition coefficient (Wildman–Crippen LogP) is 3.72. The molecule has 1 aromatic heterocycles. The van der Waals surface area contributed by atoms with Crippen molar-refractivity contribution in [2.75, 3.05) is 47.5 Å². The van der Waals surface area contributed by atoms with Crippen LogP contribution in [0.15, 0.2) is 64.3 Å². The zero-order chi connectivity index (χ0) is 24.6. The molecule has 4 rings (SSSR count). The van der Waals surface area contributed by atoms with Crippen LogP contribution in [0.4, 0.5) is 17.1 Å². The Morgan fingerprint density at radius 2 is 1.60 bits per heavy atom. The number of nitrogens with zero attached hydrogens (tertiary/aromatic N) is 3. The van der Waals surface area contributed by atoms with Crippen LogP contribution in [0.1, 0.15) is 12.6 Å². The second kappa shape index (κ2) is 11.9. The number of anilines is 3. The van der Waals surface area contributed by atoms with Crippen molar-refractivity contribution in [2.24, 2.45) is 0 Å². The van der Waals surface area contributed by atoms with Crippen LogP contribution in [-0.4, -0.2) is 59.5 Å². The minimum atomic E-state index is -0.147. The summed E-state index contributed by atoms with van der Waals surface area (Å²) in [4.78, 5) is 44.8. The number of carbonyl (C=O) groups is 3. The average Bonchev–Trinajstić information content (AvgIpc) is 3.31. The summed E-state index contributed by atoms with van der Waals surface area (Å²) in [5, 5.41) is 7.40. The van der Waals surface area contributed by atoms with Gasteiger partial charge < -0.3 is 20.4 Å². The van der Waals surface area contributed by atoms with E-state index in [0.717, 1.165) is 23.1 Å². The number of thiazole rings is 1. The summed E-state index contributed by atoms with van der Waals surface area (Å²) < 4.78 is 0.762. The van der Waals surface area contributed by atoms with Gasteiger partial charge in [0.1, 0.15) is 0 Å². The lowest BCUT2D eigenvalue weighted by atomic mass is 10.2. The molecule has 3 aromatic rings. The molecular weight excluding hydrogens is 482 g/mol. The number of aromatic nitrogens is 1. The molecule has 0 unspecified atom stereocenters. The first-order valence-corrected chi connectivity index (χ1v) is 13.2. The van der Waals surface area contributed by atoms with Gasteiger partial charge in [-0.2, -0.15) is 0 Å². The molecule has 3 amide bonds. The third-order valence-electron chi connectivity index (χ3n) is 5.43. The first-order chi connectivity index (χ1) is 17.0. The smallest absolute Gasteiger partial charge is 0.234 e. The fourth-order valence-corrected chi connectivity index (χ4v) is 5.36. The van der Waals surface area contributed by atoms with E-state index in [2.05, 4.69) is 32.7 Å². The number of piperazine rings is 1. The molecule has 0 spiro atoms. The molecule has 1 aliphatic heterocycles. The molecule has 10 heteroatoms. The number of amides is 3. The number of nitrogens with one attached hydrogen (secondary N) is 2. The van der Waals surface area contributed by atoms with Crippen molar-refractivity contribution in [1.29, 1.82) is 0 Å². The first-order valence-electron chi connectivity index (χ1n) is 11.3. The largest absolute Gasteiger partial charge is 0.368 e. The number of benzene rings is 2. The SMILES string of the molecule is CC(=O)Nc1ccc(NC(=O)CSc2nc(CC(=O)N3CCN(c4ccccc4)CC3)cs2)cc1. The quantitative estimate of drug-likeness (QED) is 0.450. The summed E-state index contributed by atoms with van der Waals surface area (Å²) in [6.07, 6.45) is 0.273. The van der Waals surface area contributed by atoms with Crippen LogP contribution < -0.4 is 15.5 Å². The number of thioether (sulfide) groups is 1. The summed E-state index contributed by atoms with van der Waals surface area (Å²) >= 11 is 2.79. The van der Waals surface area contributed by atoms with E-state index in [-0.39, 0.29) is 29.9 Å². The highest BCUT2D eigenvalue weighted by molar-refractivity contribution is 8.01. The molecule has 182 valence electrons. The summed E-state index contributed by atoms with van der Waals surface area (Å²) in [6.45, 7) is 4.48. The molecule has 2 aromatic carbocycles. The minimum absolute atomic E-state index is 0.0833. The Kier molecular flexibility index (Phi) is 8.38. The highest BCUT2D eigenvalue weighted by Crippen LogP contribution is 2.24. The Morgan fingerprint density at radius 3 is 2.26 bits per heavy atom. The van der Waals surface area contributed by atoms with E-state index < -0.39 is 0 Å². The fraction of sp³-hybridized carbons (Fsp3) is 0.280. The van der Waals surface area contributed by atoms with Crippen molar-refractivity contribution in [3.05, 3.63) is 65.7 Å². The maximum atomic E-state index is 12.8.